The quantitative estimate of drug-likeness (QED) is 0.845. The Hall–Kier alpha value is -1.89. The van der Waals surface area contributed by atoms with Crippen LogP contribution in [0.1, 0.15) is 11.1 Å². The van der Waals surface area contributed by atoms with E-state index in [2.05, 4.69) is 15.2 Å². The van der Waals surface area contributed by atoms with Crippen LogP contribution < -0.4 is 5.73 Å². The number of hydrogen-bond acceptors (Lipinski definition) is 3. The number of nitrogens with two attached hydrogens (primary N) is 1. The van der Waals surface area contributed by atoms with Gasteiger partial charge in [0.05, 0.1) is 5.56 Å². The summed E-state index contributed by atoms with van der Waals surface area (Å²) in [6, 6.07) is 3.59. The molecule has 0 saturated heterocycles. The highest BCUT2D eigenvalue weighted by Crippen LogP contribution is 2.32. The van der Waals surface area contributed by atoms with Crippen molar-refractivity contribution in [1.29, 1.82) is 0 Å². The first-order chi connectivity index (χ1) is 8.00. The molecule has 1 aromatic heterocycles. The second-order valence-electron chi connectivity index (χ2n) is 3.45. The Labute approximate surface area is 94.7 Å². The number of nitrogens with zero attached hydrogens (tertiary/aromatic N) is 2. The van der Waals surface area contributed by atoms with E-state index < -0.39 is 11.7 Å². The Balaban J connectivity index is 2.54. The van der Waals surface area contributed by atoms with Crippen molar-refractivity contribution in [3.8, 4) is 11.4 Å². The smallest absolute Gasteiger partial charge is 0.326 e. The third-order valence-electron chi connectivity index (χ3n) is 2.24. The van der Waals surface area contributed by atoms with E-state index in [4.69, 9.17) is 5.73 Å². The number of alkyl halides is 3. The Kier molecular flexibility index (Phi) is 2.84. The van der Waals surface area contributed by atoms with Crippen LogP contribution in [0.25, 0.3) is 11.4 Å². The number of halogens is 3. The molecule has 1 aromatic carbocycles. The first-order valence-corrected chi connectivity index (χ1v) is 4.77. The molecule has 0 aliphatic rings. The normalized spacial score (nSPS) is 11.8. The third kappa shape index (κ3) is 2.44. The summed E-state index contributed by atoms with van der Waals surface area (Å²) in [6.07, 6.45) is -3.17. The molecule has 1 heterocycles. The second-order valence-corrected chi connectivity index (χ2v) is 3.45. The summed E-state index contributed by atoms with van der Waals surface area (Å²) >= 11 is 0. The molecule has 0 spiro atoms. The molecule has 0 amide bonds. The molecule has 0 aliphatic heterocycles. The average molecular weight is 242 g/mol. The van der Waals surface area contributed by atoms with Crippen molar-refractivity contribution in [2.45, 2.75) is 12.7 Å². The topological polar surface area (TPSA) is 67.6 Å². The maximum Gasteiger partial charge on any atom is 0.416 e. The maximum absolute atomic E-state index is 12.6. The van der Waals surface area contributed by atoms with Gasteiger partial charge in [0.25, 0.3) is 0 Å². The number of aromatic nitrogens is 3. The van der Waals surface area contributed by atoms with E-state index in [1.54, 1.807) is 6.07 Å². The van der Waals surface area contributed by atoms with Gasteiger partial charge >= 0.3 is 6.18 Å². The van der Waals surface area contributed by atoms with Crippen LogP contribution in [0.15, 0.2) is 24.5 Å². The van der Waals surface area contributed by atoms with E-state index in [1.807, 2.05) is 0 Å². The van der Waals surface area contributed by atoms with Gasteiger partial charge in [0, 0.05) is 12.1 Å². The van der Waals surface area contributed by atoms with E-state index in [9.17, 15) is 13.2 Å². The predicted octanol–water partition coefficient (Wildman–Crippen LogP) is 1.95. The van der Waals surface area contributed by atoms with Crippen LogP contribution in [0.5, 0.6) is 0 Å². The van der Waals surface area contributed by atoms with E-state index in [-0.39, 0.29) is 12.4 Å². The van der Waals surface area contributed by atoms with Crippen LogP contribution >= 0.6 is 0 Å². The molecule has 17 heavy (non-hydrogen) atoms. The first-order valence-electron chi connectivity index (χ1n) is 4.77. The lowest BCUT2D eigenvalue weighted by Gasteiger charge is -2.10. The largest absolute Gasteiger partial charge is 0.416 e. The van der Waals surface area contributed by atoms with Crippen molar-refractivity contribution in [3.63, 3.8) is 0 Å². The van der Waals surface area contributed by atoms with Crippen LogP contribution in [0.3, 0.4) is 0 Å². The fourth-order valence-electron chi connectivity index (χ4n) is 1.45. The molecular formula is C10H9F3N4. The first kappa shape index (κ1) is 11.6. The van der Waals surface area contributed by atoms with E-state index >= 15 is 0 Å². The molecule has 0 atom stereocenters. The Morgan fingerprint density at radius 1 is 1.24 bits per heavy atom. The van der Waals surface area contributed by atoms with E-state index in [0.29, 0.717) is 11.1 Å². The number of hydrogen-bond donors (Lipinski definition) is 2. The number of aromatic amines is 1. The summed E-state index contributed by atoms with van der Waals surface area (Å²) < 4.78 is 37.9. The zero-order valence-corrected chi connectivity index (χ0v) is 8.62. The van der Waals surface area contributed by atoms with Gasteiger partial charge in [0.2, 0.25) is 0 Å². The zero-order valence-electron chi connectivity index (χ0n) is 8.62. The molecular weight excluding hydrogens is 233 g/mol. The van der Waals surface area contributed by atoms with Gasteiger partial charge in [-0.3, -0.25) is 5.10 Å². The number of rotatable bonds is 2. The van der Waals surface area contributed by atoms with Crippen molar-refractivity contribution < 1.29 is 13.2 Å². The minimum Gasteiger partial charge on any atom is -0.326 e. The van der Waals surface area contributed by atoms with Crippen molar-refractivity contribution in [1.82, 2.24) is 15.2 Å². The van der Waals surface area contributed by atoms with Crippen LogP contribution in [-0.2, 0) is 12.7 Å². The summed E-state index contributed by atoms with van der Waals surface area (Å²) in [4.78, 5) is 3.81. The minimum absolute atomic E-state index is 0.0328. The van der Waals surface area contributed by atoms with Gasteiger partial charge in [-0.25, -0.2) is 4.98 Å². The monoisotopic (exact) mass is 242 g/mol. The van der Waals surface area contributed by atoms with Crippen LogP contribution in [0.2, 0.25) is 0 Å². The Morgan fingerprint density at radius 2 is 2.00 bits per heavy atom. The molecule has 0 radical (unpaired) electrons. The van der Waals surface area contributed by atoms with Gasteiger partial charge in [-0.2, -0.15) is 18.3 Å². The van der Waals surface area contributed by atoms with Crippen molar-refractivity contribution >= 4 is 0 Å². The standard InChI is InChI=1S/C10H9F3N4/c11-10(12,13)8-2-6(4-14)1-7(3-8)9-15-5-16-17-9/h1-3,5H,4,14H2,(H,15,16,17). The van der Waals surface area contributed by atoms with Gasteiger partial charge in [-0.05, 0) is 23.8 Å². The molecule has 4 nitrogen and oxygen atoms in total. The maximum atomic E-state index is 12.6. The highest BCUT2D eigenvalue weighted by molar-refractivity contribution is 5.57. The van der Waals surface area contributed by atoms with Crippen molar-refractivity contribution in [2.75, 3.05) is 0 Å². The molecule has 0 saturated carbocycles. The highest BCUT2D eigenvalue weighted by atomic mass is 19.4. The molecule has 0 fully saturated rings. The van der Waals surface area contributed by atoms with Crippen molar-refractivity contribution in [2.24, 2.45) is 5.73 Å². The molecule has 90 valence electrons. The lowest BCUT2D eigenvalue weighted by molar-refractivity contribution is -0.137. The fourth-order valence-corrected chi connectivity index (χ4v) is 1.45. The third-order valence-corrected chi connectivity index (χ3v) is 2.24. The Bertz CT molecular complexity index is 505. The molecule has 0 aliphatic carbocycles. The number of nitrogens with one attached hydrogen (secondary N) is 1. The Morgan fingerprint density at radius 3 is 2.53 bits per heavy atom. The van der Waals surface area contributed by atoms with Gasteiger partial charge in [0.15, 0.2) is 5.82 Å². The molecule has 7 heteroatoms. The number of H-pyrrole nitrogens is 1. The summed E-state index contributed by atoms with van der Waals surface area (Å²) in [5, 5.41) is 6.11. The predicted molar refractivity (Wildman–Crippen MR) is 54.7 cm³/mol. The lowest BCUT2D eigenvalue weighted by atomic mass is 10.0. The summed E-state index contributed by atoms with van der Waals surface area (Å²) in [6.45, 7) is 0.0328. The van der Waals surface area contributed by atoms with Gasteiger partial charge in [-0.15, -0.1) is 0 Å². The number of benzene rings is 1. The fraction of sp³-hybridized carbons (Fsp3) is 0.200. The minimum atomic E-state index is -4.40. The van der Waals surface area contributed by atoms with Gasteiger partial charge in [0.1, 0.15) is 6.33 Å². The molecule has 2 aromatic rings. The molecule has 2 rings (SSSR count). The summed E-state index contributed by atoms with van der Waals surface area (Å²) in [5.74, 6) is 0.283. The summed E-state index contributed by atoms with van der Waals surface area (Å²) in [7, 11) is 0. The second kappa shape index (κ2) is 4.17. The van der Waals surface area contributed by atoms with E-state index in [1.165, 1.54) is 6.33 Å². The zero-order chi connectivity index (χ0) is 12.5. The highest BCUT2D eigenvalue weighted by Gasteiger charge is 2.31. The molecule has 3 N–H and O–H groups in total. The molecule has 0 unspecified atom stereocenters. The van der Waals surface area contributed by atoms with Crippen LogP contribution in [0.4, 0.5) is 13.2 Å². The lowest BCUT2D eigenvalue weighted by Crippen LogP contribution is -2.07. The average Bonchev–Trinajstić information content (AvgIpc) is 2.80. The molecule has 0 bridgehead atoms. The van der Waals surface area contributed by atoms with E-state index in [0.717, 1.165) is 12.1 Å². The van der Waals surface area contributed by atoms with Gasteiger partial charge in [-0.1, -0.05) is 0 Å². The van der Waals surface area contributed by atoms with Crippen LogP contribution in [-0.4, -0.2) is 15.2 Å². The SMILES string of the molecule is NCc1cc(-c2ncn[nH]2)cc(C(F)(F)F)c1. The van der Waals surface area contributed by atoms with Crippen molar-refractivity contribution in [3.05, 3.63) is 35.7 Å². The summed E-state index contributed by atoms with van der Waals surface area (Å²) in [5.41, 5.74) is 5.34. The van der Waals surface area contributed by atoms with Gasteiger partial charge < -0.3 is 5.73 Å². The van der Waals surface area contributed by atoms with Crippen LogP contribution in [0, 0.1) is 0 Å².